The molecule has 0 saturated carbocycles. The number of hydrogen-bond donors (Lipinski definition) is 1. The van der Waals surface area contributed by atoms with Crippen molar-refractivity contribution in [3.63, 3.8) is 0 Å². The van der Waals surface area contributed by atoms with Crippen molar-refractivity contribution < 1.29 is 9.90 Å². The highest BCUT2D eigenvalue weighted by Crippen LogP contribution is 2.35. The van der Waals surface area contributed by atoms with Gasteiger partial charge < -0.3 is 5.11 Å². The second-order valence-electron chi connectivity index (χ2n) is 5.04. The van der Waals surface area contributed by atoms with Crippen molar-refractivity contribution in [2.45, 2.75) is 19.8 Å². The molecule has 0 radical (unpaired) electrons. The second kappa shape index (κ2) is 5.16. The summed E-state index contributed by atoms with van der Waals surface area (Å²) in [6.45, 7) is 4.08. The molecule has 4 nitrogen and oxygen atoms in total. The zero-order valence-corrected chi connectivity index (χ0v) is 13.1. The summed E-state index contributed by atoms with van der Waals surface area (Å²) in [4.78, 5) is 12.3. The van der Waals surface area contributed by atoms with Gasteiger partial charge in [-0.3, -0.25) is 0 Å². The molecule has 1 N–H and O–H groups in total. The SMILES string of the molecule is CC(C)c1nn(-c2ccccc2Cl)c2sc(C(=O)O)cc12. The van der Waals surface area contributed by atoms with Crippen LogP contribution < -0.4 is 0 Å². The summed E-state index contributed by atoms with van der Waals surface area (Å²) >= 11 is 7.46. The molecule has 0 aliphatic rings. The highest BCUT2D eigenvalue weighted by molar-refractivity contribution is 7.20. The lowest BCUT2D eigenvalue weighted by Gasteiger charge is -2.05. The van der Waals surface area contributed by atoms with Gasteiger partial charge in [0.05, 0.1) is 16.4 Å². The maximum absolute atomic E-state index is 11.2. The van der Waals surface area contributed by atoms with Gasteiger partial charge >= 0.3 is 5.97 Å². The van der Waals surface area contributed by atoms with Crippen molar-refractivity contribution in [2.24, 2.45) is 0 Å². The lowest BCUT2D eigenvalue weighted by molar-refractivity contribution is 0.0702. The monoisotopic (exact) mass is 320 g/mol. The third kappa shape index (κ3) is 2.32. The number of fused-ring (bicyclic) bond motifs is 1. The van der Waals surface area contributed by atoms with Crippen LogP contribution in [0.3, 0.4) is 0 Å². The van der Waals surface area contributed by atoms with E-state index < -0.39 is 5.97 Å². The summed E-state index contributed by atoms with van der Waals surface area (Å²) in [5, 5.41) is 15.3. The van der Waals surface area contributed by atoms with E-state index >= 15 is 0 Å². The van der Waals surface area contributed by atoms with Crippen molar-refractivity contribution >= 4 is 39.1 Å². The highest BCUT2D eigenvalue weighted by atomic mass is 35.5. The molecule has 0 unspecified atom stereocenters. The Balaban J connectivity index is 2.32. The van der Waals surface area contributed by atoms with Crippen LogP contribution in [0.1, 0.15) is 35.1 Å². The van der Waals surface area contributed by atoms with Crippen molar-refractivity contribution in [2.75, 3.05) is 0 Å². The Labute approximate surface area is 130 Å². The average Bonchev–Trinajstić information content (AvgIpc) is 2.98. The average molecular weight is 321 g/mol. The first-order valence-electron chi connectivity index (χ1n) is 6.49. The fraction of sp³-hybridized carbons (Fsp3) is 0.200. The summed E-state index contributed by atoms with van der Waals surface area (Å²) in [6, 6.07) is 9.10. The molecule has 0 bridgehead atoms. The summed E-state index contributed by atoms with van der Waals surface area (Å²) < 4.78 is 1.74. The number of benzene rings is 1. The van der Waals surface area contributed by atoms with Gasteiger partial charge in [-0.25, -0.2) is 9.48 Å². The minimum atomic E-state index is -0.920. The number of para-hydroxylation sites is 1. The number of rotatable bonds is 3. The van der Waals surface area contributed by atoms with Crippen LogP contribution in [-0.4, -0.2) is 20.9 Å². The van der Waals surface area contributed by atoms with Gasteiger partial charge in [-0.1, -0.05) is 37.6 Å². The molecule has 0 amide bonds. The highest BCUT2D eigenvalue weighted by Gasteiger charge is 2.20. The van der Waals surface area contributed by atoms with E-state index in [-0.39, 0.29) is 5.92 Å². The van der Waals surface area contributed by atoms with Crippen LogP contribution >= 0.6 is 22.9 Å². The van der Waals surface area contributed by atoms with Crippen molar-refractivity contribution in [3.05, 3.63) is 45.9 Å². The molecule has 3 rings (SSSR count). The fourth-order valence-electron chi connectivity index (χ4n) is 2.25. The predicted octanol–water partition coefficient (Wildman–Crippen LogP) is 4.56. The zero-order valence-electron chi connectivity index (χ0n) is 11.5. The fourth-order valence-corrected chi connectivity index (χ4v) is 3.44. The predicted molar refractivity (Wildman–Crippen MR) is 85.0 cm³/mol. The summed E-state index contributed by atoms with van der Waals surface area (Å²) in [5.41, 5.74) is 1.64. The van der Waals surface area contributed by atoms with Gasteiger partial charge in [-0.05, 0) is 24.1 Å². The molecule has 21 heavy (non-hydrogen) atoms. The maximum atomic E-state index is 11.2. The first-order chi connectivity index (χ1) is 9.99. The van der Waals surface area contributed by atoms with Crippen LogP contribution in [-0.2, 0) is 0 Å². The van der Waals surface area contributed by atoms with E-state index in [0.29, 0.717) is 9.90 Å². The van der Waals surface area contributed by atoms with Crippen LogP contribution in [0, 0.1) is 0 Å². The third-order valence-corrected chi connectivity index (χ3v) is 4.65. The Bertz CT molecular complexity index is 835. The van der Waals surface area contributed by atoms with Crippen LogP contribution in [0.25, 0.3) is 15.9 Å². The van der Waals surface area contributed by atoms with E-state index in [9.17, 15) is 9.90 Å². The zero-order chi connectivity index (χ0) is 15.1. The quantitative estimate of drug-likeness (QED) is 0.769. The molecule has 1 aromatic carbocycles. The maximum Gasteiger partial charge on any atom is 0.345 e. The Morgan fingerprint density at radius 2 is 2.10 bits per heavy atom. The summed E-state index contributed by atoms with van der Waals surface area (Å²) in [7, 11) is 0. The number of hydrogen-bond acceptors (Lipinski definition) is 3. The van der Waals surface area contributed by atoms with E-state index in [4.69, 9.17) is 11.6 Å². The molecule has 3 aromatic rings. The molecule has 0 spiro atoms. The third-order valence-electron chi connectivity index (χ3n) is 3.23. The van der Waals surface area contributed by atoms with E-state index in [2.05, 4.69) is 5.10 Å². The molecular formula is C15H13ClN2O2S. The Hall–Kier alpha value is -1.85. The van der Waals surface area contributed by atoms with Crippen LogP contribution in [0.4, 0.5) is 0 Å². The molecule has 0 aliphatic carbocycles. The first kappa shape index (κ1) is 14.1. The molecule has 0 saturated heterocycles. The number of carbonyl (C=O) groups is 1. The number of carboxylic acid groups (broad SMARTS) is 1. The largest absolute Gasteiger partial charge is 0.477 e. The minimum absolute atomic E-state index is 0.201. The lowest BCUT2D eigenvalue weighted by atomic mass is 10.1. The molecule has 0 aliphatic heterocycles. The summed E-state index contributed by atoms with van der Waals surface area (Å²) in [5.74, 6) is -0.718. The normalized spacial score (nSPS) is 11.4. The van der Waals surface area contributed by atoms with Gasteiger partial charge in [0.1, 0.15) is 9.71 Å². The van der Waals surface area contributed by atoms with Crippen LogP contribution in [0.2, 0.25) is 5.02 Å². The van der Waals surface area contributed by atoms with E-state index in [0.717, 1.165) is 21.6 Å². The number of nitrogens with zero attached hydrogens (tertiary/aromatic N) is 2. The summed E-state index contributed by atoms with van der Waals surface area (Å²) in [6.07, 6.45) is 0. The molecule has 2 aromatic heterocycles. The van der Waals surface area contributed by atoms with Crippen molar-refractivity contribution in [1.82, 2.24) is 9.78 Å². The van der Waals surface area contributed by atoms with Gasteiger partial charge in [-0.2, -0.15) is 5.10 Å². The van der Waals surface area contributed by atoms with Crippen molar-refractivity contribution in [3.8, 4) is 5.69 Å². The topological polar surface area (TPSA) is 55.1 Å². The molecule has 108 valence electrons. The molecule has 0 fully saturated rings. The molecule has 6 heteroatoms. The van der Waals surface area contributed by atoms with Gasteiger partial charge in [-0.15, -0.1) is 11.3 Å². The van der Waals surface area contributed by atoms with Crippen LogP contribution in [0.5, 0.6) is 0 Å². The van der Waals surface area contributed by atoms with E-state index in [1.54, 1.807) is 16.8 Å². The van der Waals surface area contributed by atoms with Gasteiger partial charge in [0.2, 0.25) is 0 Å². The van der Waals surface area contributed by atoms with E-state index in [1.165, 1.54) is 11.3 Å². The standard InChI is InChI=1S/C15H13ClN2O2S/c1-8(2)13-9-7-12(15(19)20)21-14(9)18(17-13)11-6-4-3-5-10(11)16/h3-8H,1-2H3,(H,19,20). The number of thiophene rings is 1. The first-order valence-corrected chi connectivity index (χ1v) is 7.69. The van der Waals surface area contributed by atoms with Gasteiger partial charge in [0.25, 0.3) is 0 Å². The number of halogens is 1. The number of carboxylic acids is 1. The lowest BCUT2D eigenvalue weighted by Crippen LogP contribution is -1.99. The Morgan fingerprint density at radius 3 is 2.71 bits per heavy atom. The number of aromatic nitrogens is 2. The van der Waals surface area contributed by atoms with Crippen molar-refractivity contribution in [1.29, 1.82) is 0 Å². The van der Waals surface area contributed by atoms with Gasteiger partial charge in [0.15, 0.2) is 0 Å². The Kier molecular flexibility index (Phi) is 3.47. The molecular weight excluding hydrogens is 308 g/mol. The number of aromatic carboxylic acids is 1. The minimum Gasteiger partial charge on any atom is -0.477 e. The van der Waals surface area contributed by atoms with E-state index in [1.807, 2.05) is 32.0 Å². The van der Waals surface area contributed by atoms with Crippen LogP contribution in [0.15, 0.2) is 30.3 Å². The second-order valence-corrected chi connectivity index (χ2v) is 6.48. The Morgan fingerprint density at radius 1 is 1.38 bits per heavy atom. The molecule has 2 heterocycles. The van der Waals surface area contributed by atoms with Gasteiger partial charge in [0, 0.05) is 5.39 Å². The molecule has 0 atom stereocenters. The smallest absolute Gasteiger partial charge is 0.345 e.